The van der Waals surface area contributed by atoms with Crippen LogP contribution in [0.5, 0.6) is 0 Å². The van der Waals surface area contributed by atoms with Crippen molar-refractivity contribution >= 4 is 11.3 Å². The summed E-state index contributed by atoms with van der Waals surface area (Å²) in [6.07, 6.45) is 3.55. The Labute approximate surface area is 104 Å². The van der Waals surface area contributed by atoms with E-state index in [1.54, 1.807) is 23.6 Å². The average molecular weight is 244 g/mol. The zero-order chi connectivity index (χ0) is 12.1. The van der Waals surface area contributed by atoms with Crippen molar-refractivity contribution in [3.8, 4) is 6.07 Å². The first-order valence-corrected chi connectivity index (χ1v) is 6.06. The quantitative estimate of drug-likeness (QED) is 0.893. The molecule has 0 fully saturated rings. The lowest BCUT2D eigenvalue weighted by molar-refractivity contribution is 0.699. The molecule has 1 N–H and O–H groups in total. The largest absolute Gasteiger partial charge is 0.308 e. The lowest BCUT2D eigenvalue weighted by atomic mass is 10.2. The second kappa shape index (κ2) is 5.53. The number of pyridine rings is 1. The molecule has 0 saturated heterocycles. The van der Waals surface area contributed by atoms with Gasteiger partial charge in [-0.3, -0.25) is 0 Å². The molecular weight excluding hydrogens is 232 g/mol. The summed E-state index contributed by atoms with van der Waals surface area (Å²) in [6.45, 7) is 3.53. The molecule has 2 aromatic heterocycles. The molecule has 2 aromatic rings. The molecule has 0 unspecified atom stereocenters. The normalized spacial score (nSPS) is 10.1. The third kappa shape index (κ3) is 3.34. The van der Waals surface area contributed by atoms with E-state index in [0.29, 0.717) is 5.69 Å². The van der Waals surface area contributed by atoms with Crippen LogP contribution in [0.4, 0.5) is 0 Å². The van der Waals surface area contributed by atoms with E-state index in [2.05, 4.69) is 15.3 Å². The van der Waals surface area contributed by atoms with Crippen LogP contribution in [-0.4, -0.2) is 9.97 Å². The molecule has 0 aromatic carbocycles. The molecule has 86 valence electrons. The van der Waals surface area contributed by atoms with Gasteiger partial charge < -0.3 is 5.32 Å². The lowest BCUT2D eigenvalue weighted by Gasteiger charge is -2.02. The van der Waals surface area contributed by atoms with Gasteiger partial charge in [-0.15, -0.1) is 11.3 Å². The molecule has 5 heteroatoms. The van der Waals surface area contributed by atoms with Crippen molar-refractivity contribution in [3.05, 3.63) is 45.7 Å². The Balaban J connectivity index is 1.88. The predicted octanol–water partition coefficient (Wildman–Crippen LogP) is 2.01. The first-order chi connectivity index (χ1) is 8.28. The molecule has 0 spiro atoms. The zero-order valence-corrected chi connectivity index (χ0v) is 10.3. The van der Waals surface area contributed by atoms with Gasteiger partial charge in [-0.25, -0.2) is 9.97 Å². The highest BCUT2D eigenvalue weighted by Gasteiger charge is 1.99. The van der Waals surface area contributed by atoms with Crippen molar-refractivity contribution in [1.29, 1.82) is 5.26 Å². The minimum Gasteiger partial charge on any atom is -0.308 e. The fourth-order valence-electron chi connectivity index (χ4n) is 1.46. The van der Waals surface area contributed by atoms with Crippen LogP contribution in [0.25, 0.3) is 0 Å². The second-order valence-corrected chi connectivity index (χ2v) is 4.93. The third-order valence-electron chi connectivity index (χ3n) is 2.24. The highest BCUT2D eigenvalue weighted by Crippen LogP contribution is 2.11. The summed E-state index contributed by atoms with van der Waals surface area (Å²) in [7, 11) is 0. The van der Waals surface area contributed by atoms with E-state index >= 15 is 0 Å². The second-order valence-electron chi connectivity index (χ2n) is 3.61. The van der Waals surface area contributed by atoms with Crippen molar-refractivity contribution in [2.24, 2.45) is 0 Å². The van der Waals surface area contributed by atoms with Crippen molar-refractivity contribution < 1.29 is 0 Å². The molecule has 0 bridgehead atoms. The van der Waals surface area contributed by atoms with Crippen LogP contribution in [0.2, 0.25) is 0 Å². The molecular formula is C12H12N4S. The minimum atomic E-state index is 0.456. The topological polar surface area (TPSA) is 61.6 Å². The molecule has 2 heterocycles. The number of aromatic nitrogens is 2. The Morgan fingerprint density at radius 1 is 1.41 bits per heavy atom. The molecule has 2 rings (SSSR count). The van der Waals surface area contributed by atoms with Crippen LogP contribution >= 0.6 is 11.3 Å². The molecule has 0 aliphatic carbocycles. The summed E-state index contributed by atoms with van der Waals surface area (Å²) in [5, 5.41) is 13.1. The van der Waals surface area contributed by atoms with Crippen molar-refractivity contribution in [3.63, 3.8) is 0 Å². The molecule has 0 radical (unpaired) electrons. The highest BCUT2D eigenvalue weighted by atomic mass is 32.1. The monoisotopic (exact) mass is 244 g/mol. The van der Waals surface area contributed by atoms with Gasteiger partial charge in [-0.1, -0.05) is 0 Å². The van der Waals surface area contributed by atoms with Gasteiger partial charge in [0.05, 0.1) is 5.01 Å². The van der Waals surface area contributed by atoms with Crippen molar-refractivity contribution in [2.75, 3.05) is 0 Å². The number of aryl methyl sites for hydroxylation is 1. The number of rotatable bonds is 4. The van der Waals surface area contributed by atoms with E-state index < -0.39 is 0 Å². The van der Waals surface area contributed by atoms with Gasteiger partial charge in [0.25, 0.3) is 0 Å². The molecule has 0 aliphatic rings. The first kappa shape index (κ1) is 11.7. The van der Waals surface area contributed by atoms with Crippen LogP contribution in [-0.2, 0) is 13.1 Å². The number of hydrogen-bond donors (Lipinski definition) is 1. The summed E-state index contributed by atoms with van der Waals surface area (Å²) < 4.78 is 0. The van der Waals surface area contributed by atoms with Gasteiger partial charge in [0.2, 0.25) is 0 Å². The molecule has 17 heavy (non-hydrogen) atoms. The Morgan fingerprint density at radius 3 is 3.00 bits per heavy atom. The van der Waals surface area contributed by atoms with Gasteiger partial charge in [-0.2, -0.15) is 5.26 Å². The van der Waals surface area contributed by atoms with Crippen molar-refractivity contribution in [2.45, 2.75) is 20.0 Å². The van der Waals surface area contributed by atoms with Gasteiger partial charge in [0.1, 0.15) is 11.8 Å². The molecule has 0 saturated carbocycles. The third-order valence-corrected chi connectivity index (χ3v) is 3.15. The Hall–Kier alpha value is -1.77. The molecule has 0 atom stereocenters. The fourth-order valence-corrected chi connectivity index (χ4v) is 2.23. The lowest BCUT2D eigenvalue weighted by Crippen LogP contribution is -2.11. The summed E-state index contributed by atoms with van der Waals surface area (Å²) in [5.41, 5.74) is 1.52. The number of nitrogens with one attached hydrogen (secondary N) is 1. The molecule has 4 nitrogen and oxygen atoms in total. The maximum Gasteiger partial charge on any atom is 0.140 e. The Bertz CT molecular complexity index is 541. The Morgan fingerprint density at radius 2 is 2.29 bits per heavy atom. The van der Waals surface area contributed by atoms with Crippen LogP contribution < -0.4 is 5.32 Å². The smallest absolute Gasteiger partial charge is 0.140 e. The maximum absolute atomic E-state index is 8.73. The SMILES string of the molecule is Cc1ncc(CNCc2ccnc(C#N)c2)s1. The number of nitriles is 1. The first-order valence-electron chi connectivity index (χ1n) is 5.25. The van der Waals surface area contributed by atoms with Gasteiger partial charge >= 0.3 is 0 Å². The van der Waals surface area contributed by atoms with Gasteiger partial charge in [0.15, 0.2) is 0 Å². The van der Waals surface area contributed by atoms with E-state index in [4.69, 9.17) is 5.26 Å². The highest BCUT2D eigenvalue weighted by molar-refractivity contribution is 7.11. The number of thiazole rings is 1. The van der Waals surface area contributed by atoms with Crippen molar-refractivity contribution in [1.82, 2.24) is 15.3 Å². The average Bonchev–Trinajstić information content (AvgIpc) is 2.75. The van der Waals surface area contributed by atoms with Gasteiger partial charge in [0, 0.05) is 30.4 Å². The van der Waals surface area contributed by atoms with Gasteiger partial charge in [-0.05, 0) is 24.6 Å². The minimum absolute atomic E-state index is 0.456. The number of nitrogens with zero attached hydrogens (tertiary/aromatic N) is 3. The summed E-state index contributed by atoms with van der Waals surface area (Å²) in [5.74, 6) is 0. The van der Waals surface area contributed by atoms with E-state index in [9.17, 15) is 0 Å². The molecule has 0 amide bonds. The summed E-state index contributed by atoms with van der Waals surface area (Å²) in [4.78, 5) is 9.35. The zero-order valence-electron chi connectivity index (χ0n) is 9.47. The maximum atomic E-state index is 8.73. The van der Waals surface area contributed by atoms with E-state index in [1.807, 2.05) is 25.3 Å². The van der Waals surface area contributed by atoms with E-state index in [1.165, 1.54) is 4.88 Å². The van der Waals surface area contributed by atoms with Crippen LogP contribution in [0.1, 0.15) is 21.1 Å². The standard InChI is InChI=1S/C12H12N4S/c1-9-16-8-12(17-9)7-14-6-10-2-3-15-11(4-10)5-13/h2-4,8,14H,6-7H2,1H3. The van der Waals surface area contributed by atoms with Crippen LogP contribution in [0, 0.1) is 18.3 Å². The van der Waals surface area contributed by atoms with E-state index in [-0.39, 0.29) is 0 Å². The van der Waals surface area contributed by atoms with Crippen LogP contribution in [0.15, 0.2) is 24.5 Å². The summed E-state index contributed by atoms with van der Waals surface area (Å²) >= 11 is 1.69. The fraction of sp³-hybridized carbons (Fsp3) is 0.250. The predicted molar refractivity (Wildman–Crippen MR) is 66.3 cm³/mol. The Kier molecular flexibility index (Phi) is 3.81. The summed E-state index contributed by atoms with van der Waals surface area (Å²) in [6, 6.07) is 5.74. The molecule has 0 aliphatic heterocycles. The number of hydrogen-bond acceptors (Lipinski definition) is 5. The van der Waals surface area contributed by atoms with Crippen LogP contribution in [0.3, 0.4) is 0 Å². The van der Waals surface area contributed by atoms with E-state index in [0.717, 1.165) is 23.7 Å².